The van der Waals surface area contributed by atoms with Crippen LogP contribution in [-0.2, 0) is 11.3 Å². The number of hydrogen-bond acceptors (Lipinski definition) is 3. The lowest BCUT2D eigenvalue weighted by Crippen LogP contribution is -2.36. The minimum absolute atomic E-state index is 0.184. The number of carbonyl (C=O) groups excluding carboxylic acids is 2. The van der Waals surface area contributed by atoms with Crippen LogP contribution in [0.3, 0.4) is 0 Å². The van der Waals surface area contributed by atoms with Crippen molar-refractivity contribution < 1.29 is 18.4 Å². The predicted molar refractivity (Wildman–Crippen MR) is 102 cm³/mol. The Morgan fingerprint density at radius 3 is 2.33 bits per heavy atom. The van der Waals surface area contributed by atoms with Gasteiger partial charge >= 0.3 is 0 Å². The molecule has 0 bridgehead atoms. The fraction of sp³-hybridized carbons (Fsp3) is 0.100. The molecule has 0 fully saturated rings. The van der Waals surface area contributed by atoms with Crippen LogP contribution in [0, 0.1) is 5.82 Å². The smallest absolute Gasteiger partial charge is 0.251 e. The van der Waals surface area contributed by atoms with E-state index in [0.29, 0.717) is 11.5 Å². The van der Waals surface area contributed by atoms with E-state index < -0.39 is 11.7 Å². The zero-order chi connectivity index (χ0) is 19.2. The molecule has 3 rings (SSSR count). The molecule has 1 heterocycles. The highest BCUT2D eigenvalue weighted by Gasteiger charge is 2.09. The van der Waals surface area contributed by atoms with Crippen molar-refractivity contribution in [1.29, 1.82) is 0 Å². The first kappa shape index (κ1) is 18.8. The van der Waals surface area contributed by atoms with E-state index in [1.54, 1.807) is 6.07 Å². The van der Waals surface area contributed by atoms with Crippen molar-refractivity contribution in [1.82, 2.24) is 10.6 Å². The van der Waals surface area contributed by atoms with Crippen molar-refractivity contribution in [3.05, 3.63) is 82.3 Å². The summed E-state index contributed by atoms with van der Waals surface area (Å²) < 4.78 is 19.5. The molecule has 0 unspecified atom stereocenters. The van der Waals surface area contributed by atoms with Gasteiger partial charge in [-0.05, 0) is 48.5 Å². The van der Waals surface area contributed by atoms with Crippen LogP contribution in [0.4, 0.5) is 4.39 Å². The molecule has 0 saturated carbocycles. The Bertz CT molecular complexity index is 937. The summed E-state index contributed by atoms with van der Waals surface area (Å²) in [5.41, 5.74) is 1.22. The summed E-state index contributed by atoms with van der Waals surface area (Å²) >= 11 is 3.38. The van der Waals surface area contributed by atoms with Gasteiger partial charge in [-0.15, -0.1) is 0 Å². The van der Waals surface area contributed by atoms with E-state index in [9.17, 15) is 14.0 Å². The second-order valence-electron chi connectivity index (χ2n) is 5.74. The molecule has 0 aliphatic carbocycles. The van der Waals surface area contributed by atoms with Crippen LogP contribution < -0.4 is 10.6 Å². The minimum atomic E-state index is -0.444. The number of rotatable bonds is 6. The zero-order valence-corrected chi connectivity index (χ0v) is 15.8. The maximum absolute atomic E-state index is 12.8. The summed E-state index contributed by atoms with van der Waals surface area (Å²) in [6, 6.07) is 16.4. The molecule has 0 spiro atoms. The van der Waals surface area contributed by atoms with Crippen molar-refractivity contribution in [2.75, 3.05) is 6.54 Å². The van der Waals surface area contributed by atoms with Crippen LogP contribution in [0.2, 0.25) is 0 Å². The van der Waals surface area contributed by atoms with E-state index >= 15 is 0 Å². The third kappa shape index (κ3) is 5.27. The fourth-order valence-corrected chi connectivity index (χ4v) is 2.62. The van der Waals surface area contributed by atoms with Gasteiger partial charge in [-0.2, -0.15) is 0 Å². The average Bonchev–Trinajstić information content (AvgIpc) is 3.14. The molecule has 2 aromatic carbocycles. The molecule has 2 N–H and O–H groups in total. The topological polar surface area (TPSA) is 71.3 Å². The summed E-state index contributed by atoms with van der Waals surface area (Å²) in [5.74, 6) is 0.0838. The van der Waals surface area contributed by atoms with E-state index in [-0.39, 0.29) is 24.6 Å². The first-order valence-corrected chi connectivity index (χ1v) is 8.96. The molecule has 0 aliphatic rings. The first-order valence-electron chi connectivity index (χ1n) is 8.16. The number of hydrogen-bond donors (Lipinski definition) is 2. The lowest BCUT2D eigenvalue weighted by atomic mass is 10.2. The Kier molecular flexibility index (Phi) is 6.03. The number of carbonyl (C=O) groups is 2. The zero-order valence-electron chi connectivity index (χ0n) is 14.2. The summed E-state index contributed by atoms with van der Waals surface area (Å²) in [7, 11) is 0. The Morgan fingerprint density at radius 1 is 0.926 bits per heavy atom. The van der Waals surface area contributed by atoms with Crippen LogP contribution >= 0.6 is 15.9 Å². The molecule has 5 nitrogen and oxygen atoms in total. The van der Waals surface area contributed by atoms with Gasteiger partial charge in [0.05, 0.1) is 13.1 Å². The summed E-state index contributed by atoms with van der Waals surface area (Å²) in [4.78, 5) is 23.8. The molecule has 7 heteroatoms. The van der Waals surface area contributed by atoms with Gasteiger partial charge in [-0.3, -0.25) is 9.59 Å². The molecule has 27 heavy (non-hydrogen) atoms. The number of benzene rings is 2. The van der Waals surface area contributed by atoms with Gasteiger partial charge in [0.15, 0.2) is 0 Å². The Hall–Kier alpha value is -2.93. The molecule has 138 valence electrons. The SMILES string of the molecule is O=C(CNC(=O)c1ccc(F)cc1)NCc1ccc(-c2ccc(Br)cc2)o1. The first-order chi connectivity index (χ1) is 13.0. The maximum Gasteiger partial charge on any atom is 0.251 e. The van der Waals surface area contributed by atoms with Gasteiger partial charge in [0.2, 0.25) is 5.91 Å². The molecule has 0 atom stereocenters. The lowest BCUT2D eigenvalue weighted by molar-refractivity contribution is -0.120. The van der Waals surface area contributed by atoms with Crippen LogP contribution in [0.25, 0.3) is 11.3 Å². The standard InChI is InChI=1S/C20H16BrFN2O3/c21-15-5-1-13(2-6-15)18-10-9-17(27-18)11-23-19(25)12-24-20(26)14-3-7-16(22)8-4-14/h1-10H,11-12H2,(H,23,25)(H,24,26). The average molecular weight is 431 g/mol. The van der Waals surface area contributed by atoms with Crippen molar-refractivity contribution in [2.24, 2.45) is 0 Å². The quantitative estimate of drug-likeness (QED) is 0.622. The molecule has 0 aliphatic heterocycles. The minimum Gasteiger partial charge on any atom is -0.459 e. The Balaban J connectivity index is 1.47. The molecule has 0 radical (unpaired) electrons. The van der Waals surface area contributed by atoms with Gasteiger partial charge in [0.25, 0.3) is 5.91 Å². The van der Waals surface area contributed by atoms with E-state index in [4.69, 9.17) is 4.42 Å². The van der Waals surface area contributed by atoms with E-state index in [0.717, 1.165) is 10.0 Å². The number of nitrogens with one attached hydrogen (secondary N) is 2. The maximum atomic E-state index is 12.8. The van der Waals surface area contributed by atoms with E-state index in [1.807, 2.05) is 30.3 Å². The summed E-state index contributed by atoms with van der Waals surface area (Å²) in [5, 5.41) is 5.16. The second-order valence-corrected chi connectivity index (χ2v) is 6.65. The van der Waals surface area contributed by atoms with Crippen molar-refractivity contribution in [2.45, 2.75) is 6.54 Å². The fourth-order valence-electron chi connectivity index (χ4n) is 2.35. The summed E-state index contributed by atoms with van der Waals surface area (Å²) in [6.07, 6.45) is 0. The van der Waals surface area contributed by atoms with Crippen molar-refractivity contribution >= 4 is 27.7 Å². The highest BCUT2D eigenvalue weighted by molar-refractivity contribution is 9.10. The van der Waals surface area contributed by atoms with Gasteiger partial charge < -0.3 is 15.1 Å². The van der Waals surface area contributed by atoms with Crippen LogP contribution in [0.5, 0.6) is 0 Å². The van der Waals surface area contributed by atoms with Crippen LogP contribution in [0.15, 0.2) is 69.6 Å². The lowest BCUT2D eigenvalue weighted by Gasteiger charge is -2.06. The van der Waals surface area contributed by atoms with Crippen molar-refractivity contribution in [3.8, 4) is 11.3 Å². The third-order valence-corrected chi connectivity index (χ3v) is 4.29. The third-order valence-electron chi connectivity index (χ3n) is 3.77. The largest absolute Gasteiger partial charge is 0.459 e. The second kappa shape index (κ2) is 8.64. The monoisotopic (exact) mass is 430 g/mol. The predicted octanol–water partition coefficient (Wildman–Crippen LogP) is 3.89. The van der Waals surface area contributed by atoms with Crippen LogP contribution in [-0.4, -0.2) is 18.4 Å². The highest BCUT2D eigenvalue weighted by Crippen LogP contribution is 2.23. The number of furan rings is 1. The van der Waals surface area contributed by atoms with Gasteiger partial charge in [-0.1, -0.05) is 28.1 Å². The molecule has 2 amide bonds. The molecule has 0 saturated heterocycles. The number of amides is 2. The van der Waals surface area contributed by atoms with Crippen LogP contribution in [0.1, 0.15) is 16.1 Å². The van der Waals surface area contributed by atoms with E-state index in [2.05, 4.69) is 26.6 Å². The number of halogens is 2. The Labute approximate surface area is 163 Å². The van der Waals surface area contributed by atoms with Crippen molar-refractivity contribution in [3.63, 3.8) is 0 Å². The molecule has 3 aromatic rings. The van der Waals surface area contributed by atoms with E-state index in [1.165, 1.54) is 24.3 Å². The molecular formula is C20H16BrFN2O3. The van der Waals surface area contributed by atoms with Gasteiger partial charge in [-0.25, -0.2) is 4.39 Å². The summed E-state index contributed by atoms with van der Waals surface area (Å²) in [6.45, 7) is 0.0261. The van der Waals surface area contributed by atoms with Gasteiger partial charge in [0, 0.05) is 15.6 Å². The molecule has 1 aromatic heterocycles. The molecular weight excluding hydrogens is 415 g/mol. The Morgan fingerprint density at radius 2 is 1.63 bits per heavy atom. The van der Waals surface area contributed by atoms with Gasteiger partial charge in [0.1, 0.15) is 17.3 Å². The normalized spacial score (nSPS) is 10.4. The highest BCUT2D eigenvalue weighted by atomic mass is 79.9.